The van der Waals surface area contributed by atoms with E-state index in [4.69, 9.17) is 9.47 Å². The molecule has 6 nitrogen and oxygen atoms in total. The number of hydrogen-bond donors (Lipinski definition) is 2. The molecule has 2 saturated heterocycles. The molecule has 0 bridgehead atoms. The van der Waals surface area contributed by atoms with Gasteiger partial charge in [0.2, 0.25) is 0 Å². The summed E-state index contributed by atoms with van der Waals surface area (Å²) < 4.78 is 10.2. The number of carbonyl (C=O) groups excluding carboxylic acids is 1. The molecule has 2 aliphatic rings. The standard InChI is InChI=1S/C10H17N3O3/c1-15-7-4-11-9-12-8(14)10(13-9)2-5-16-6-3-10/h2-7H2,1H3,(H2,11,12,13,14). The van der Waals surface area contributed by atoms with Crippen molar-refractivity contribution in [3.05, 3.63) is 0 Å². The minimum atomic E-state index is -0.496. The van der Waals surface area contributed by atoms with E-state index in [9.17, 15) is 4.79 Å². The number of aliphatic imine (C=N–C) groups is 1. The number of nitrogens with one attached hydrogen (secondary N) is 2. The van der Waals surface area contributed by atoms with Gasteiger partial charge in [-0.3, -0.25) is 15.1 Å². The molecule has 16 heavy (non-hydrogen) atoms. The van der Waals surface area contributed by atoms with Crippen LogP contribution < -0.4 is 10.6 Å². The van der Waals surface area contributed by atoms with E-state index in [-0.39, 0.29) is 5.91 Å². The maximum absolute atomic E-state index is 11.9. The Hall–Kier alpha value is -1.14. The second-order valence-corrected chi connectivity index (χ2v) is 4.00. The van der Waals surface area contributed by atoms with Crippen LogP contribution in [-0.2, 0) is 14.3 Å². The van der Waals surface area contributed by atoms with Crippen molar-refractivity contribution in [1.82, 2.24) is 10.6 Å². The first kappa shape index (κ1) is 11.3. The van der Waals surface area contributed by atoms with Crippen molar-refractivity contribution in [3.63, 3.8) is 0 Å². The maximum Gasteiger partial charge on any atom is 0.252 e. The van der Waals surface area contributed by atoms with E-state index in [2.05, 4.69) is 15.6 Å². The van der Waals surface area contributed by atoms with E-state index in [1.54, 1.807) is 7.11 Å². The summed E-state index contributed by atoms with van der Waals surface area (Å²) >= 11 is 0. The van der Waals surface area contributed by atoms with E-state index in [0.717, 1.165) is 0 Å². The third kappa shape index (κ3) is 2.17. The number of hydrogen-bond acceptors (Lipinski definition) is 4. The molecule has 2 heterocycles. The van der Waals surface area contributed by atoms with Crippen LogP contribution >= 0.6 is 0 Å². The summed E-state index contributed by atoms with van der Waals surface area (Å²) in [5, 5.41) is 5.93. The molecule has 2 N–H and O–H groups in total. The van der Waals surface area contributed by atoms with Crippen molar-refractivity contribution in [2.75, 3.05) is 33.5 Å². The molecule has 2 aliphatic heterocycles. The lowest BCUT2D eigenvalue weighted by Crippen LogP contribution is -2.50. The number of guanidine groups is 1. The number of amides is 1. The molecule has 0 aromatic rings. The summed E-state index contributed by atoms with van der Waals surface area (Å²) in [5.74, 6) is 0.566. The Bertz CT molecular complexity index is 298. The Morgan fingerprint density at radius 1 is 1.50 bits per heavy atom. The number of carbonyl (C=O) groups is 1. The van der Waals surface area contributed by atoms with Crippen LogP contribution in [0.5, 0.6) is 0 Å². The first-order valence-electron chi connectivity index (χ1n) is 5.48. The van der Waals surface area contributed by atoms with Gasteiger partial charge in [0, 0.05) is 33.2 Å². The highest BCUT2D eigenvalue weighted by atomic mass is 16.5. The molecule has 0 atom stereocenters. The zero-order valence-electron chi connectivity index (χ0n) is 9.41. The average molecular weight is 227 g/mol. The Labute approximate surface area is 94.4 Å². The van der Waals surface area contributed by atoms with Crippen molar-refractivity contribution in [2.24, 2.45) is 4.99 Å². The van der Waals surface area contributed by atoms with Crippen LogP contribution in [0.1, 0.15) is 12.8 Å². The normalized spacial score (nSPS) is 25.8. The van der Waals surface area contributed by atoms with Gasteiger partial charge in [0.25, 0.3) is 5.91 Å². The van der Waals surface area contributed by atoms with Gasteiger partial charge in [-0.05, 0) is 0 Å². The maximum atomic E-state index is 11.9. The molecular formula is C10H17N3O3. The lowest BCUT2D eigenvalue weighted by Gasteiger charge is -2.30. The van der Waals surface area contributed by atoms with Crippen molar-refractivity contribution >= 4 is 11.9 Å². The summed E-state index contributed by atoms with van der Waals surface area (Å²) in [4.78, 5) is 16.1. The molecular weight excluding hydrogens is 210 g/mol. The van der Waals surface area contributed by atoms with Crippen molar-refractivity contribution < 1.29 is 14.3 Å². The zero-order chi connectivity index (χ0) is 11.4. The van der Waals surface area contributed by atoms with Gasteiger partial charge in [0.1, 0.15) is 5.54 Å². The van der Waals surface area contributed by atoms with E-state index in [1.165, 1.54) is 0 Å². The molecule has 0 aromatic carbocycles. The number of methoxy groups -OCH3 is 1. The summed E-state index contributed by atoms with van der Waals surface area (Å²) in [6.07, 6.45) is 1.39. The van der Waals surface area contributed by atoms with Gasteiger partial charge in [-0.15, -0.1) is 0 Å². The zero-order valence-corrected chi connectivity index (χ0v) is 9.41. The third-order valence-corrected chi connectivity index (χ3v) is 2.94. The summed E-state index contributed by atoms with van der Waals surface area (Å²) in [5.41, 5.74) is -0.496. The monoisotopic (exact) mass is 227 g/mol. The SMILES string of the molecule is COCCN=C1NC(=O)C2(CCOCC2)N1. The molecule has 2 rings (SSSR count). The van der Waals surface area contributed by atoms with Gasteiger partial charge in [-0.25, -0.2) is 0 Å². The van der Waals surface area contributed by atoms with Crippen molar-refractivity contribution in [3.8, 4) is 0 Å². The first-order chi connectivity index (χ1) is 7.77. The van der Waals surface area contributed by atoms with Gasteiger partial charge in [0.15, 0.2) is 5.96 Å². The Kier molecular flexibility index (Phi) is 3.40. The van der Waals surface area contributed by atoms with Crippen LogP contribution in [0, 0.1) is 0 Å². The second kappa shape index (κ2) is 4.80. The Morgan fingerprint density at radius 2 is 2.25 bits per heavy atom. The van der Waals surface area contributed by atoms with Crippen molar-refractivity contribution in [1.29, 1.82) is 0 Å². The summed E-state index contributed by atoms with van der Waals surface area (Å²) in [7, 11) is 1.63. The smallest absolute Gasteiger partial charge is 0.252 e. The fourth-order valence-corrected chi connectivity index (χ4v) is 1.94. The summed E-state index contributed by atoms with van der Waals surface area (Å²) in [6, 6.07) is 0. The molecule has 1 amide bonds. The highest BCUT2D eigenvalue weighted by molar-refractivity contribution is 6.09. The van der Waals surface area contributed by atoms with Crippen molar-refractivity contribution in [2.45, 2.75) is 18.4 Å². The lowest BCUT2D eigenvalue weighted by molar-refractivity contribution is -0.127. The topological polar surface area (TPSA) is 72.0 Å². The molecule has 90 valence electrons. The second-order valence-electron chi connectivity index (χ2n) is 4.00. The third-order valence-electron chi connectivity index (χ3n) is 2.94. The van der Waals surface area contributed by atoms with Gasteiger partial charge in [-0.1, -0.05) is 0 Å². The first-order valence-corrected chi connectivity index (χ1v) is 5.48. The number of rotatable bonds is 3. The molecule has 0 unspecified atom stereocenters. The van der Waals surface area contributed by atoms with Gasteiger partial charge in [-0.2, -0.15) is 0 Å². The van der Waals surface area contributed by atoms with Gasteiger partial charge in [0.05, 0.1) is 13.2 Å². The quantitative estimate of drug-likeness (QED) is 0.623. The predicted octanol–water partition coefficient (Wildman–Crippen LogP) is -0.743. The van der Waals surface area contributed by atoms with Crippen LogP contribution in [-0.4, -0.2) is 50.9 Å². The number of nitrogens with zero attached hydrogens (tertiary/aromatic N) is 1. The van der Waals surface area contributed by atoms with Crippen LogP contribution in [0.4, 0.5) is 0 Å². The molecule has 0 aliphatic carbocycles. The fraction of sp³-hybridized carbons (Fsp3) is 0.800. The molecule has 0 aromatic heterocycles. The summed E-state index contributed by atoms with van der Waals surface area (Å²) in [6.45, 7) is 2.33. The van der Waals surface area contributed by atoms with Crippen LogP contribution in [0.25, 0.3) is 0 Å². The van der Waals surface area contributed by atoms with E-state index in [0.29, 0.717) is 45.2 Å². The van der Waals surface area contributed by atoms with E-state index < -0.39 is 5.54 Å². The lowest BCUT2D eigenvalue weighted by atomic mass is 9.90. The molecule has 0 saturated carbocycles. The van der Waals surface area contributed by atoms with Gasteiger partial charge >= 0.3 is 0 Å². The average Bonchev–Trinajstić information content (AvgIpc) is 2.57. The van der Waals surface area contributed by atoms with Gasteiger partial charge < -0.3 is 14.8 Å². The van der Waals surface area contributed by atoms with Crippen LogP contribution in [0.2, 0.25) is 0 Å². The van der Waals surface area contributed by atoms with E-state index >= 15 is 0 Å². The highest BCUT2D eigenvalue weighted by Crippen LogP contribution is 2.23. The minimum absolute atomic E-state index is 0.00645. The van der Waals surface area contributed by atoms with Crippen LogP contribution in [0.3, 0.4) is 0 Å². The van der Waals surface area contributed by atoms with Crippen LogP contribution in [0.15, 0.2) is 4.99 Å². The van der Waals surface area contributed by atoms with E-state index in [1.807, 2.05) is 0 Å². The minimum Gasteiger partial charge on any atom is -0.383 e. The Balaban J connectivity index is 1.97. The number of ether oxygens (including phenoxy) is 2. The molecule has 0 radical (unpaired) electrons. The predicted molar refractivity (Wildman–Crippen MR) is 58.2 cm³/mol. The molecule has 6 heteroatoms. The molecule has 2 fully saturated rings. The fourth-order valence-electron chi connectivity index (χ4n) is 1.94. The Morgan fingerprint density at radius 3 is 2.94 bits per heavy atom. The highest BCUT2D eigenvalue weighted by Gasteiger charge is 2.45. The molecule has 1 spiro atoms. The largest absolute Gasteiger partial charge is 0.383 e.